The molecule has 0 fully saturated rings. The van der Waals surface area contributed by atoms with Gasteiger partial charge in [-0.05, 0) is 18.9 Å². The van der Waals surface area contributed by atoms with Gasteiger partial charge in [-0.25, -0.2) is 0 Å². The predicted octanol–water partition coefficient (Wildman–Crippen LogP) is 4.80. The number of halogens is 1. The molecule has 0 amide bonds. The SMILES string of the molecule is C=C(Br)COc1c(C(C)NCC)ccc2ccccc12. The fourth-order valence-corrected chi connectivity index (χ4v) is 2.44. The van der Waals surface area contributed by atoms with Crippen LogP contribution in [0.25, 0.3) is 10.8 Å². The van der Waals surface area contributed by atoms with Crippen molar-refractivity contribution in [2.75, 3.05) is 13.2 Å². The number of fused-ring (bicyclic) bond motifs is 1. The first-order valence-corrected chi connectivity index (χ1v) is 7.64. The quantitative estimate of drug-likeness (QED) is 0.819. The highest BCUT2D eigenvalue weighted by molar-refractivity contribution is 9.11. The second kappa shape index (κ2) is 6.91. The van der Waals surface area contributed by atoms with Crippen LogP contribution in [-0.4, -0.2) is 13.2 Å². The standard InChI is InChI=1S/C17H20BrNO/c1-4-19-13(3)15-10-9-14-7-5-6-8-16(14)17(15)20-11-12(2)18/h5-10,13,19H,2,4,11H2,1,3H3. The molecule has 1 atom stereocenters. The molecule has 2 aromatic carbocycles. The van der Waals surface area contributed by atoms with Crippen molar-refractivity contribution < 1.29 is 4.74 Å². The van der Waals surface area contributed by atoms with Crippen molar-refractivity contribution in [3.8, 4) is 5.75 Å². The van der Waals surface area contributed by atoms with Gasteiger partial charge in [0.15, 0.2) is 0 Å². The van der Waals surface area contributed by atoms with Crippen LogP contribution >= 0.6 is 15.9 Å². The van der Waals surface area contributed by atoms with Gasteiger partial charge in [0, 0.05) is 21.5 Å². The van der Waals surface area contributed by atoms with Gasteiger partial charge in [-0.3, -0.25) is 0 Å². The first-order valence-electron chi connectivity index (χ1n) is 6.84. The molecule has 0 aliphatic rings. The maximum atomic E-state index is 5.99. The maximum absolute atomic E-state index is 5.99. The van der Waals surface area contributed by atoms with E-state index < -0.39 is 0 Å². The minimum Gasteiger partial charge on any atom is -0.487 e. The number of benzene rings is 2. The summed E-state index contributed by atoms with van der Waals surface area (Å²) in [5, 5.41) is 5.77. The molecule has 0 heterocycles. The Kier molecular flexibility index (Phi) is 5.21. The van der Waals surface area contributed by atoms with Crippen LogP contribution in [0.4, 0.5) is 0 Å². The number of nitrogens with one attached hydrogen (secondary N) is 1. The molecule has 0 saturated heterocycles. The molecule has 20 heavy (non-hydrogen) atoms. The summed E-state index contributed by atoms with van der Waals surface area (Å²) in [4.78, 5) is 0. The molecule has 106 valence electrons. The van der Waals surface area contributed by atoms with Crippen molar-refractivity contribution in [2.45, 2.75) is 19.9 Å². The zero-order valence-electron chi connectivity index (χ0n) is 11.9. The van der Waals surface area contributed by atoms with Crippen LogP contribution in [0.3, 0.4) is 0 Å². The average molecular weight is 334 g/mol. The van der Waals surface area contributed by atoms with Crippen LogP contribution < -0.4 is 10.1 Å². The molecule has 1 unspecified atom stereocenters. The van der Waals surface area contributed by atoms with Crippen molar-refractivity contribution >= 4 is 26.7 Å². The Balaban J connectivity index is 2.49. The zero-order valence-corrected chi connectivity index (χ0v) is 13.5. The van der Waals surface area contributed by atoms with E-state index in [1.54, 1.807) is 0 Å². The summed E-state index contributed by atoms with van der Waals surface area (Å²) in [5.41, 5.74) is 1.18. The van der Waals surface area contributed by atoms with Crippen molar-refractivity contribution in [3.05, 3.63) is 53.0 Å². The lowest BCUT2D eigenvalue weighted by Gasteiger charge is -2.19. The second-order valence-electron chi connectivity index (χ2n) is 4.79. The monoisotopic (exact) mass is 333 g/mol. The fraction of sp³-hybridized carbons (Fsp3) is 0.294. The van der Waals surface area contributed by atoms with Crippen molar-refractivity contribution in [3.63, 3.8) is 0 Å². The van der Waals surface area contributed by atoms with Gasteiger partial charge < -0.3 is 10.1 Å². The molecule has 0 saturated carbocycles. The molecule has 0 aliphatic carbocycles. The van der Waals surface area contributed by atoms with E-state index in [1.165, 1.54) is 10.9 Å². The van der Waals surface area contributed by atoms with Gasteiger partial charge in [-0.15, -0.1) is 0 Å². The Labute approximate surface area is 129 Å². The molecule has 1 N–H and O–H groups in total. The molecule has 3 heteroatoms. The summed E-state index contributed by atoms with van der Waals surface area (Å²) in [5.74, 6) is 0.942. The molecule has 0 spiro atoms. The minimum absolute atomic E-state index is 0.253. The molecule has 2 aromatic rings. The van der Waals surface area contributed by atoms with E-state index in [0.29, 0.717) is 6.61 Å². The third-order valence-electron chi connectivity index (χ3n) is 3.26. The Hall–Kier alpha value is -1.32. The summed E-state index contributed by atoms with van der Waals surface area (Å²) < 4.78 is 6.83. The minimum atomic E-state index is 0.253. The summed E-state index contributed by atoms with van der Waals surface area (Å²) in [6.45, 7) is 9.50. The van der Waals surface area contributed by atoms with Crippen molar-refractivity contribution in [1.29, 1.82) is 0 Å². The van der Waals surface area contributed by atoms with Crippen LogP contribution in [-0.2, 0) is 0 Å². The zero-order chi connectivity index (χ0) is 14.5. The van der Waals surface area contributed by atoms with Gasteiger partial charge in [0.1, 0.15) is 12.4 Å². The lowest BCUT2D eigenvalue weighted by Crippen LogP contribution is -2.18. The molecular weight excluding hydrogens is 314 g/mol. The summed E-state index contributed by atoms with van der Waals surface area (Å²) >= 11 is 3.35. The van der Waals surface area contributed by atoms with E-state index >= 15 is 0 Å². The Morgan fingerprint density at radius 2 is 2.05 bits per heavy atom. The van der Waals surface area contributed by atoms with Gasteiger partial charge in [0.05, 0.1) is 0 Å². The third kappa shape index (κ3) is 3.41. The molecular formula is C17H20BrNO. The van der Waals surface area contributed by atoms with Crippen molar-refractivity contribution in [1.82, 2.24) is 5.32 Å². The van der Waals surface area contributed by atoms with Crippen LogP contribution in [0.2, 0.25) is 0 Å². The lowest BCUT2D eigenvalue weighted by molar-refractivity contribution is 0.357. The van der Waals surface area contributed by atoms with E-state index in [2.05, 4.69) is 65.9 Å². The number of hydrogen-bond donors (Lipinski definition) is 1. The van der Waals surface area contributed by atoms with Gasteiger partial charge >= 0.3 is 0 Å². The average Bonchev–Trinajstić information content (AvgIpc) is 2.44. The summed E-state index contributed by atoms with van der Waals surface area (Å²) in [7, 11) is 0. The van der Waals surface area contributed by atoms with Crippen molar-refractivity contribution in [2.24, 2.45) is 0 Å². The van der Waals surface area contributed by atoms with E-state index in [1.807, 2.05) is 12.1 Å². The van der Waals surface area contributed by atoms with Crippen LogP contribution in [0, 0.1) is 0 Å². The number of ether oxygens (including phenoxy) is 1. The normalized spacial score (nSPS) is 12.3. The predicted molar refractivity (Wildman–Crippen MR) is 89.6 cm³/mol. The molecule has 0 bridgehead atoms. The maximum Gasteiger partial charge on any atom is 0.132 e. The summed E-state index contributed by atoms with van der Waals surface area (Å²) in [6, 6.07) is 12.8. The largest absolute Gasteiger partial charge is 0.487 e. The van der Waals surface area contributed by atoms with Crippen LogP contribution in [0.1, 0.15) is 25.5 Å². The van der Waals surface area contributed by atoms with E-state index in [9.17, 15) is 0 Å². The van der Waals surface area contributed by atoms with E-state index in [-0.39, 0.29) is 6.04 Å². The van der Waals surface area contributed by atoms with Crippen LogP contribution in [0.5, 0.6) is 5.75 Å². The fourth-order valence-electron chi connectivity index (χ4n) is 2.33. The van der Waals surface area contributed by atoms with Gasteiger partial charge in [0.2, 0.25) is 0 Å². The van der Waals surface area contributed by atoms with Gasteiger partial charge in [-0.1, -0.05) is 65.8 Å². The van der Waals surface area contributed by atoms with Crippen LogP contribution in [0.15, 0.2) is 47.5 Å². The topological polar surface area (TPSA) is 21.3 Å². The van der Waals surface area contributed by atoms with E-state index in [0.717, 1.165) is 22.2 Å². The molecule has 0 aliphatic heterocycles. The van der Waals surface area contributed by atoms with Gasteiger partial charge in [-0.2, -0.15) is 0 Å². The molecule has 2 rings (SSSR count). The molecule has 2 nitrogen and oxygen atoms in total. The van der Waals surface area contributed by atoms with E-state index in [4.69, 9.17) is 4.74 Å². The number of rotatable bonds is 6. The molecule has 0 aromatic heterocycles. The highest BCUT2D eigenvalue weighted by Crippen LogP contribution is 2.34. The summed E-state index contributed by atoms with van der Waals surface area (Å²) in [6.07, 6.45) is 0. The first kappa shape index (κ1) is 15.1. The lowest BCUT2D eigenvalue weighted by atomic mass is 10.0. The first-order chi connectivity index (χ1) is 9.63. The Bertz CT molecular complexity index is 609. The highest BCUT2D eigenvalue weighted by Gasteiger charge is 2.14. The molecule has 0 radical (unpaired) electrons. The smallest absolute Gasteiger partial charge is 0.132 e. The second-order valence-corrected chi connectivity index (χ2v) is 5.91. The van der Waals surface area contributed by atoms with Gasteiger partial charge in [0.25, 0.3) is 0 Å². The Morgan fingerprint density at radius 1 is 1.30 bits per heavy atom. The third-order valence-corrected chi connectivity index (χ3v) is 3.49. The highest BCUT2D eigenvalue weighted by atomic mass is 79.9. The Morgan fingerprint density at radius 3 is 2.75 bits per heavy atom. The number of hydrogen-bond acceptors (Lipinski definition) is 2.